The fourth-order valence-corrected chi connectivity index (χ4v) is 1.79. The van der Waals surface area contributed by atoms with E-state index >= 15 is 0 Å². The van der Waals surface area contributed by atoms with Crippen LogP contribution in [0, 0.1) is 5.82 Å². The normalized spacial score (nSPS) is 10.4. The van der Waals surface area contributed by atoms with Crippen molar-refractivity contribution in [3.63, 3.8) is 0 Å². The lowest BCUT2D eigenvalue weighted by Crippen LogP contribution is -2.23. The van der Waals surface area contributed by atoms with Crippen LogP contribution >= 0.6 is 0 Å². The second-order valence-corrected chi connectivity index (χ2v) is 4.47. The fraction of sp³-hybridized carbons (Fsp3) is 0.0667. The van der Waals surface area contributed by atoms with E-state index in [9.17, 15) is 9.18 Å². The Hall–Kier alpha value is -3.09. The molecule has 0 spiro atoms. The Kier molecular flexibility index (Phi) is 3.86. The summed E-state index contributed by atoms with van der Waals surface area (Å²) in [5, 5.41) is 6.38. The summed E-state index contributed by atoms with van der Waals surface area (Å²) in [5.74, 6) is -0.630. The first kappa shape index (κ1) is 13.9. The number of carbonyl (C=O) groups is 1. The Morgan fingerprint density at radius 3 is 2.59 bits per heavy atom. The van der Waals surface area contributed by atoms with Crippen LogP contribution in [0.1, 0.15) is 16.2 Å². The maximum Gasteiger partial charge on any atom is 0.316 e. The third kappa shape index (κ3) is 3.14. The Labute approximate surface area is 125 Å². The van der Waals surface area contributed by atoms with Gasteiger partial charge in [-0.25, -0.2) is 4.39 Å². The topological polar surface area (TPSA) is 80.9 Å². The van der Waals surface area contributed by atoms with Crippen molar-refractivity contribution in [2.24, 2.45) is 0 Å². The van der Waals surface area contributed by atoms with Crippen LogP contribution in [0.5, 0.6) is 0 Å². The maximum absolute atomic E-state index is 12.8. The molecule has 22 heavy (non-hydrogen) atoms. The number of nitrogens with zero attached hydrogens (tertiary/aromatic N) is 3. The summed E-state index contributed by atoms with van der Waals surface area (Å²) in [5.41, 5.74) is 1.47. The van der Waals surface area contributed by atoms with E-state index in [-0.39, 0.29) is 18.3 Å². The van der Waals surface area contributed by atoms with Gasteiger partial charge in [0.25, 0.3) is 0 Å². The number of amides is 1. The monoisotopic (exact) mass is 298 g/mol. The number of nitrogens with one attached hydrogen (secondary N) is 1. The molecule has 0 bridgehead atoms. The molecule has 0 atom stereocenters. The van der Waals surface area contributed by atoms with Gasteiger partial charge < -0.3 is 9.84 Å². The van der Waals surface area contributed by atoms with Gasteiger partial charge in [0, 0.05) is 24.5 Å². The van der Waals surface area contributed by atoms with Gasteiger partial charge in [-0.2, -0.15) is 4.98 Å². The van der Waals surface area contributed by atoms with E-state index < -0.39 is 5.91 Å². The molecule has 0 fully saturated rings. The molecule has 2 aromatic heterocycles. The minimum absolute atomic E-state index is 0.131. The quantitative estimate of drug-likeness (QED) is 0.798. The van der Waals surface area contributed by atoms with Crippen LogP contribution in [0.15, 0.2) is 53.3 Å². The Morgan fingerprint density at radius 2 is 1.86 bits per heavy atom. The lowest BCUT2D eigenvalue weighted by molar-refractivity contribution is 0.0907. The zero-order chi connectivity index (χ0) is 15.4. The molecule has 7 heteroatoms. The summed E-state index contributed by atoms with van der Waals surface area (Å²) in [4.78, 5) is 19.9. The van der Waals surface area contributed by atoms with E-state index in [0.29, 0.717) is 11.4 Å². The number of aromatic nitrogens is 3. The molecule has 0 aliphatic carbocycles. The highest BCUT2D eigenvalue weighted by Gasteiger charge is 2.15. The number of hydrogen-bond donors (Lipinski definition) is 1. The van der Waals surface area contributed by atoms with Crippen molar-refractivity contribution in [3.05, 3.63) is 66.1 Å². The lowest BCUT2D eigenvalue weighted by Gasteiger charge is -2.01. The zero-order valence-corrected chi connectivity index (χ0v) is 11.4. The first-order valence-electron chi connectivity index (χ1n) is 6.49. The second-order valence-electron chi connectivity index (χ2n) is 4.47. The molecule has 1 aromatic carbocycles. The van der Waals surface area contributed by atoms with Gasteiger partial charge >= 0.3 is 11.8 Å². The molecule has 6 nitrogen and oxygen atoms in total. The van der Waals surface area contributed by atoms with Crippen molar-refractivity contribution >= 4 is 5.91 Å². The van der Waals surface area contributed by atoms with Crippen LogP contribution in [0.25, 0.3) is 11.4 Å². The van der Waals surface area contributed by atoms with Crippen LogP contribution in [0.2, 0.25) is 0 Å². The zero-order valence-electron chi connectivity index (χ0n) is 11.4. The highest BCUT2D eigenvalue weighted by molar-refractivity contribution is 5.89. The van der Waals surface area contributed by atoms with E-state index in [1.54, 1.807) is 36.7 Å². The highest BCUT2D eigenvalue weighted by atomic mass is 19.1. The van der Waals surface area contributed by atoms with E-state index in [2.05, 4.69) is 20.4 Å². The van der Waals surface area contributed by atoms with Gasteiger partial charge in [-0.1, -0.05) is 17.3 Å². The Balaban J connectivity index is 1.66. The molecule has 110 valence electrons. The summed E-state index contributed by atoms with van der Waals surface area (Å²) in [6, 6.07) is 9.26. The second kappa shape index (κ2) is 6.13. The van der Waals surface area contributed by atoms with E-state index in [4.69, 9.17) is 4.52 Å². The third-order valence-electron chi connectivity index (χ3n) is 2.93. The molecule has 1 N–H and O–H groups in total. The number of benzene rings is 1. The molecule has 3 rings (SSSR count). The van der Waals surface area contributed by atoms with Crippen molar-refractivity contribution in [2.45, 2.75) is 6.54 Å². The number of halogens is 1. The van der Waals surface area contributed by atoms with Crippen molar-refractivity contribution in [1.82, 2.24) is 20.4 Å². The molecular formula is C15H11FN4O2. The molecular weight excluding hydrogens is 287 g/mol. The lowest BCUT2D eigenvalue weighted by atomic mass is 10.2. The minimum Gasteiger partial charge on any atom is -0.344 e. The van der Waals surface area contributed by atoms with Crippen LogP contribution < -0.4 is 5.32 Å². The standard InChI is InChI=1S/C15H11FN4O2/c16-12-3-1-10(2-4-12)9-18-14(21)15-19-13(20-22-15)11-5-7-17-8-6-11/h1-8H,9H2,(H,18,21). The van der Waals surface area contributed by atoms with Gasteiger partial charge in [0.05, 0.1) is 0 Å². The first-order valence-corrected chi connectivity index (χ1v) is 6.49. The average Bonchev–Trinajstić information content (AvgIpc) is 3.05. The minimum atomic E-state index is -0.489. The first-order chi connectivity index (χ1) is 10.7. The molecule has 1 amide bonds. The van der Waals surface area contributed by atoms with Crippen molar-refractivity contribution in [3.8, 4) is 11.4 Å². The van der Waals surface area contributed by atoms with Crippen LogP contribution in [0.3, 0.4) is 0 Å². The summed E-state index contributed by atoms with van der Waals surface area (Å²) >= 11 is 0. The highest BCUT2D eigenvalue weighted by Crippen LogP contribution is 2.13. The number of hydrogen-bond acceptors (Lipinski definition) is 5. The predicted molar refractivity (Wildman–Crippen MR) is 75.1 cm³/mol. The van der Waals surface area contributed by atoms with Crippen molar-refractivity contribution in [1.29, 1.82) is 0 Å². The fourth-order valence-electron chi connectivity index (χ4n) is 1.79. The van der Waals surface area contributed by atoms with Crippen LogP contribution in [-0.2, 0) is 6.54 Å². The van der Waals surface area contributed by atoms with Crippen LogP contribution in [0.4, 0.5) is 4.39 Å². The molecule has 3 aromatic rings. The molecule has 0 radical (unpaired) electrons. The summed E-state index contributed by atoms with van der Waals surface area (Å²) in [6.45, 7) is 0.242. The smallest absolute Gasteiger partial charge is 0.316 e. The summed E-state index contributed by atoms with van der Waals surface area (Å²) in [7, 11) is 0. The molecule has 0 aliphatic heterocycles. The SMILES string of the molecule is O=C(NCc1ccc(F)cc1)c1nc(-c2ccncc2)no1. The Bertz CT molecular complexity index is 772. The summed E-state index contributed by atoms with van der Waals surface area (Å²) < 4.78 is 17.7. The van der Waals surface area contributed by atoms with E-state index in [1.807, 2.05) is 0 Å². The molecule has 0 aliphatic rings. The molecule has 2 heterocycles. The number of pyridine rings is 1. The van der Waals surface area contributed by atoms with Gasteiger partial charge in [-0.3, -0.25) is 9.78 Å². The maximum atomic E-state index is 12.8. The molecule has 0 saturated heterocycles. The van der Waals surface area contributed by atoms with Crippen molar-refractivity contribution in [2.75, 3.05) is 0 Å². The van der Waals surface area contributed by atoms with Gasteiger partial charge in [0.2, 0.25) is 5.82 Å². The van der Waals surface area contributed by atoms with Crippen LogP contribution in [-0.4, -0.2) is 21.0 Å². The molecule has 0 unspecified atom stereocenters. The van der Waals surface area contributed by atoms with E-state index in [1.165, 1.54) is 12.1 Å². The van der Waals surface area contributed by atoms with Gasteiger partial charge in [0.1, 0.15) is 5.82 Å². The van der Waals surface area contributed by atoms with Gasteiger partial charge in [0.15, 0.2) is 0 Å². The predicted octanol–water partition coefficient (Wildman–Crippen LogP) is 2.20. The molecule has 0 saturated carbocycles. The van der Waals surface area contributed by atoms with Gasteiger partial charge in [-0.15, -0.1) is 0 Å². The summed E-state index contributed by atoms with van der Waals surface area (Å²) in [6.07, 6.45) is 3.19. The number of rotatable bonds is 4. The average molecular weight is 298 g/mol. The van der Waals surface area contributed by atoms with E-state index in [0.717, 1.165) is 5.56 Å². The number of carbonyl (C=O) groups excluding carboxylic acids is 1. The largest absolute Gasteiger partial charge is 0.344 e. The van der Waals surface area contributed by atoms with Gasteiger partial charge in [-0.05, 0) is 29.8 Å². The van der Waals surface area contributed by atoms with Crippen molar-refractivity contribution < 1.29 is 13.7 Å². The Morgan fingerprint density at radius 1 is 1.14 bits per heavy atom. The third-order valence-corrected chi connectivity index (χ3v) is 2.93.